The number of nitrogens with one attached hydrogen (secondary N) is 1. The summed E-state index contributed by atoms with van der Waals surface area (Å²) in [6.07, 6.45) is -4.39. The minimum atomic E-state index is -4.39. The fourth-order valence-corrected chi connectivity index (χ4v) is 1.49. The third kappa shape index (κ3) is 4.82. The number of alkyl halides is 3. The Bertz CT molecular complexity index is 419. The molecule has 17 heavy (non-hydrogen) atoms. The van der Waals surface area contributed by atoms with E-state index in [9.17, 15) is 22.4 Å². The van der Waals surface area contributed by atoms with Crippen molar-refractivity contribution in [3.05, 3.63) is 34.1 Å². The third-order valence-electron chi connectivity index (χ3n) is 1.84. The average molecular weight is 314 g/mol. The standard InChI is InChI=1S/C10H8BrF4NO/c11-6-1-2-8(12)7(3-6)9(17)4-16-5-10(13,14)15/h1-3,16H,4-5H2. The minimum Gasteiger partial charge on any atom is -0.302 e. The van der Waals surface area contributed by atoms with Crippen LogP contribution in [0.15, 0.2) is 22.7 Å². The fraction of sp³-hybridized carbons (Fsp3) is 0.300. The zero-order valence-corrected chi connectivity index (χ0v) is 10.0. The van der Waals surface area contributed by atoms with E-state index in [4.69, 9.17) is 0 Å². The van der Waals surface area contributed by atoms with Gasteiger partial charge in [0.15, 0.2) is 5.78 Å². The highest BCUT2D eigenvalue weighted by Crippen LogP contribution is 2.16. The van der Waals surface area contributed by atoms with Gasteiger partial charge in [0.25, 0.3) is 0 Å². The zero-order valence-electron chi connectivity index (χ0n) is 8.44. The first kappa shape index (κ1) is 14.1. The second-order valence-electron chi connectivity index (χ2n) is 3.27. The first-order valence-corrected chi connectivity index (χ1v) is 5.34. The van der Waals surface area contributed by atoms with Crippen LogP contribution in [0.1, 0.15) is 10.4 Å². The SMILES string of the molecule is O=C(CNCC(F)(F)F)c1cc(Br)ccc1F. The highest BCUT2D eigenvalue weighted by Gasteiger charge is 2.26. The molecule has 0 heterocycles. The Morgan fingerprint density at radius 1 is 1.35 bits per heavy atom. The van der Waals surface area contributed by atoms with Crippen LogP contribution in [0.2, 0.25) is 0 Å². The number of hydrogen-bond donors (Lipinski definition) is 1. The Hall–Kier alpha value is -0.950. The number of rotatable bonds is 4. The molecule has 0 saturated heterocycles. The minimum absolute atomic E-state index is 0.242. The predicted molar refractivity (Wildman–Crippen MR) is 57.4 cm³/mol. The summed E-state index contributed by atoms with van der Waals surface area (Å²) in [4.78, 5) is 11.4. The van der Waals surface area contributed by atoms with E-state index in [1.165, 1.54) is 12.1 Å². The second kappa shape index (κ2) is 5.59. The Morgan fingerprint density at radius 3 is 2.59 bits per heavy atom. The normalized spacial score (nSPS) is 11.6. The highest BCUT2D eigenvalue weighted by atomic mass is 79.9. The fourth-order valence-electron chi connectivity index (χ4n) is 1.12. The van der Waals surface area contributed by atoms with Gasteiger partial charge in [-0.05, 0) is 18.2 Å². The van der Waals surface area contributed by atoms with Gasteiger partial charge in [0.2, 0.25) is 0 Å². The first-order chi connectivity index (χ1) is 7.79. The van der Waals surface area contributed by atoms with Crippen molar-refractivity contribution < 1.29 is 22.4 Å². The summed E-state index contributed by atoms with van der Waals surface area (Å²) in [5, 5.41) is 1.91. The van der Waals surface area contributed by atoms with Crippen molar-refractivity contribution >= 4 is 21.7 Å². The van der Waals surface area contributed by atoms with Crippen LogP contribution in [0.25, 0.3) is 0 Å². The molecule has 0 unspecified atom stereocenters. The van der Waals surface area contributed by atoms with Crippen molar-refractivity contribution in [2.75, 3.05) is 13.1 Å². The van der Waals surface area contributed by atoms with Crippen molar-refractivity contribution in [1.29, 1.82) is 0 Å². The van der Waals surface area contributed by atoms with Crippen molar-refractivity contribution in [3.8, 4) is 0 Å². The van der Waals surface area contributed by atoms with Crippen molar-refractivity contribution in [3.63, 3.8) is 0 Å². The lowest BCUT2D eigenvalue weighted by Gasteiger charge is -2.08. The molecule has 1 aromatic rings. The topological polar surface area (TPSA) is 29.1 Å². The predicted octanol–water partition coefficient (Wildman–Crippen LogP) is 2.92. The van der Waals surface area contributed by atoms with E-state index in [1.54, 1.807) is 0 Å². The lowest BCUT2D eigenvalue weighted by atomic mass is 10.1. The lowest BCUT2D eigenvalue weighted by molar-refractivity contribution is -0.124. The molecule has 1 N–H and O–H groups in total. The quantitative estimate of drug-likeness (QED) is 0.684. The Morgan fingerprint density at radius 2 is 2.00 bits per heavy atom. The summed E-state index contributed by atoms with van der Waals surface area (Å²) in [5.74, 6) is -1.49. The summed E-state index contributed by atoms with van der Waals surface area (Å²) >= 11 is 3.05. The number of hydrogen-bond acceptors (Lipinski definition) is 2. The number of benzene rings is 1. The summed E-state index contributed by atoms with van der Waals surface area (Å²) in [6.45, 7) is -1.85. The maximum atomic E-state index is 13.2. The van der Waals surface area contributed by atoms with Crippen LogP contribution >= 0.6 is 15.9 Å². The molecule has 0 aliphatic carbocycles. The van der Waals surface area contributed by atoms with Gasteiger partial charge in [-0.2, -0.15) is 13.2 Å². The van der Waals surface area contributed by atoms with Gasteiger partial charge in [0, 0.05) is 4.47 Å². The Balaban J connectivity index is 2.61. The van der Waals surface area contributed by atoms with Gasteiger partial charge in [-0.25, -0.2) is 4.39 Å². The molecular formula is C10H8BrF4NO. The van der Waals surface area contributed by atoms with Crippen LogP contribution in [-0.2, 0) is 0 Å². The molecule has 2 nitrogen and oxygen atoms in total. The van der Waals surface area contributed by atoms with E-state index in [-0.39, 0.29) is 5.56 Å². The Labute approximate surface area is 103 Å². The van der Waals surface area contributed by atoms with E-state index >= 15 is 0 Å². The molecule has 0 aromatic heterocycles. The van der Waals surface area contributed by atoms with E-state index in [1.807, 2.05) is 5.32 Å². The molecule has 0 atom stereocenters. The number of carbonyl (C=O) groups is 1. The molecule has 94 valence electrons. The number of carbonyl (C=O) groups excluding carboxylic acids is 1. The van der Waals surface area contributed by atoms with Crippen molar-refractivity contribution in [1.82, 2.24) is 5.32 Å². The van der Waals surface area contributed by atoms with E-state index in [2.05, 4.69) is 15.9 Å². The molecule has 0 aliphatic rings. The van der Waals surface area contributed by atoms with Crippen LogP contribution in [0.5, 0.6) is 0 Å². The van der Waals surface area contributed by atoms with Crippen molar-refractivity contribution in [2.24, 2.45) is 0 Å². The van der Waals surface area contributed by atoms with Crippen LogP contribution in [0, 0.1) is 5.82 Å². The van der Waals surface area contributed by atoms with Gasteiger partial charge in [0.1, 0.15) is 5.82 Å². The van der Waals surface area contributed by atoms with Gasteiger partial charge < -0.3 is 5.32 Å². The number of Topliss-reactive ketones (excluding diaryl/α,β-unsaturated/α-hetero) is 1. The average Bonchev–Trinajstić information content (AvgIpc) is 2.19. The third-order valence-corrected chi connectivity index (χ3v) is 2.33. The maximum Gasteiger partial charge on any atom is 0.401 e. The van der Waals surface area contributed by atoms with E-state index < -0.39 is 30.9 Å². The summed E-state index contributed by atoms with van der Waals surface area (Å²) in [6, 6.07) is 3.70. The summed E-state index contributed by atoms with van der Waals surface area (Å²) in [5.41, 5.74) is -0.242. The molecule has 0 fully saturated rings. The maximum absolute atomic E-state index is 13.2. The van der Waals surface area contributed by atoms with Crippen LogP contribution in [0.4, 0.5) is 17.6 Å². The smallest absolute Gasteiger partial charge is 0.302 e. The van der Waals surface area contributed by atoms with Crippen LogP contribution in [0.3, 0.4) is 0 Å². The lowest BCUT2D eigenvalue weighted by Crippen LogP contribution is -2.33. The van der Waals surface area contributed by atoms with Gasteiger partial charge in [0.05, 0.1) is 18.7 Å². The van der Waals surface area contributed by atoms with E-state index in [0.29, 0.717) is 4.47 Å². The molecule has 0 spiro atoms. The number of ketones is 1. The number of halogens is 5. The second-order valence-corrected chi connectivity index (χ2v) is 4.18. The monoisotopic (exact) mass is 313 g/mol. The molecule has 7 heteroatoms. The van der Waals surface area contributed by atoms with E-state index in [0.717, 1.165) is 6.07 Å². The first-order valence-electron chi connectivity index (χ1n) is 4.55. The Kier molecular flexibility index (Phi) is 4.64. The van der Waals surface area contributed by atoms with Gasteiger partial charge in [-0.15, -0.1) is 0 Å². The molecule has 0 saturated carbocycles. The molecule has 0 aliphatic heterocycles. The summed E-state index contributed by atoms with van der Waals surface area (Å²) < 4.78 is 49.1. The molecule has 1 rings (SSSR count). The zero-order chi connectivity index (χ0) is 13.1. The molecule has 0 amide bonds. The molecule has 0 radical (unpaired) electrons. The van der Waals surface area contributed by atoms with Crippen molar-refractivity contribution in [2.45, 2.75) is 6.18 Å². The molecular weight excluding hydrogens is 306 g/mol. The highest BCUT2D eigenvalue weighted by molar-refractivity contribution is 9.10. The van der Waals surface area contributed by atoms with Crippen LogP contribution in [-0.4, -0.2) is 25.0 Å². The van der Waals surface area contributed by atoms with Crippen LogP contribution < -0.4 is 5.32 Å². The van der Waals surface area contributed by atoms with Gasteiger partial charge >= 0.3 is 6.18 Å². The molecule has 1 aromatic carbocycles. The summed E-state index contributed by atoms with van der Waals surface area (Å²) in [7, 11) is 0. The van der Waals surface area contributed by atoms with Gasteiger partial charge in [-0.3, -0.25) is 4.79 Å². The largest absolute Gasteiger partial charge is 0.401 e. The van der Waals surface area contributed by atoms with Gasteiger partial charge in [-0.1, -0.05) is 15.9 Å². The molecule has 0 bridgehead atoms.